The lowest BCUT2D eigenvalue weighted by Crippen LogP contribution is -2.32. The van der Waals surface area contributed by atoms with E-state index < -0.39 is 0 Å². The molecule has 1 N–H and O–H groups in total. The average molecular weight is 486 g/mol. The van der Waals surface area contributed by atoms with Gasteiger partial charge < -0.3 is 19.4 Å². The number of H-pyrrole nitrogens is 1. The third-order valence-corrected chi connectivity index (χ3v) is 8.31. The van der Waals surface area contributed by atoms with Gasteiger partial charge in [-0.1, -0.05) is 6.07 Å². The van der Waals surface area contributed by atoms with Gasteiger partial charge in [-0.3, -0.25) is 9.59 Å². The first-order chi connectivity index (χ1) is 16.0. The molecule has 174 valence electrons. The summed E-state index contributed by atoms with van der Waals surface area (Å²) >= 11 is 3.03. The maximum Gasteiger partial charge on any atom is 0.259 e. The number of nitrogens with zero attached hydrogens (tertiary/aromatic N) is 2. The van der Waals surface area contributed by atoms with Crippen molar-refractivity contribution in [3.8, 4) is 11.5 Å². The molecule has 5 rings (SSSR count). The number of aryl methyl sites for hydroxylation is 2. The Balaban J connectivity index is 1.24. The summed E-state index contributed by atoms with van der Waals surface area (Å²) in [6.45, 7) is 6.02. The summed E-state index contributed by atoms with van der Waals surface area (Å²) < 4.78 is 11.6. The molecule has 0 saturated carbocycles. The fourth-order valence-corrected chi connectivity index (χ4v) is 6.31. The van der Waals surface area contributed by atoms with E-state index in [0.29, 0.717) is 35.9 Å². The highest BCUT2D eigenvalue weighted by Gasteiger charge is 2.30. The molecule has 4 heterocycles. The van der Waals surface area contributed by atoms with Crippen LogP contribution in [0.3, 0.4) is 0 Å². The number of carbonyl (C=O) groups is 1. The summed E-state index contributed by atoms with van der Waals surface area (Å²) in [6.07, 6.45) is 2.80. The number of thioether (sulfide) groups is 1. The van der Waals surface area contributed by atoms with E-state index >= 15 is 0 Å². The largest absolute Gasteiger partial charge is 0.490 e. The summed E-state index contributed by atoms with van der Waals surface area (Å²) in [6, 6.07) is 6.09. The minimum atomic E-state index is -0.0993. The van der Waals surface area contributed by atoms with Gasteiger partial charge in [0.25, 0.3) is 5.56 Å². The monoisotopic (exact) mass is 485 g/mol. The first kappa shape index (κ1) is 22.3. The van der Waals surface area contributed by atoms with Crippen LogP contribution in [0, 0.1) is 13.8 Å². The molecule has 0 spiro atoms. The quantitative estimate of drug-likeness (QED) is 0.578. The van der Waals surface area contributed by atoms with E-state index in [4.69, 9.17) is 9.47 Å². The van der Waals surface area contributed by atoms with E-state index in [1.54, 1.807) is 11.3 Å². The summed E-state index contributed by atoms with van der Waals surface area (Å²) in [7, 11) is 0. The zero-order valence-electron chi connectivity index (χ0n) is 18.8. The standard InChI is InChI=1S/C24H27N3O4S2/c1-14-15(2)33-24-22(14)23(29)25-20(26-24)12-32-13-21(28)27-8-3-5-17(27)16-6-7-18-19(11-16)31-10-4-9-30-18/h6-7,11,17H,3-5,8-10,12-13H2,1-2H3,(H,25,26,29)/t17-/m0/s1. The third-order valence-electron chi connectivity index (χ3n) is 6.28. The highest BCUT2D eigenvalue weighted by Crippen LogP contribution is 2.38. The van der Waals surface area contributed by atoms with E-state index in [9.17, 15) is 9.59 Å². The minimum Gasteiger partial charge on any atom is -0.490 e. The lowest BCUT2D eigenvalue weighted by molar-refractivity contribution is -0.129. The third kappa shape index (κ3) is 4.48. The number of hydrogen-bond acceptors (Lipinski definition) is 7. The normalized spacial score (nSPS) is 18.0. The molecule has 2 aliphatic rings. The lowest BCUT2D eigenvalue weighted by atomic mass is 10.0. The fourth-order valence-electron chi connectivity index (χ4n) is 4.48. The molecule has 1 fully saturated rings. The van der Waals surface area contributed by atoms with Crippen molar-refractivity contribution in [2.24, 2.45) is 0 Å². The number of hydrogen-bond donors (Lipinski definition) is 1. The van der Waals surface area contributed by atoms with Crippen LogP contribution in [0.1, 0.15) is 47.1 Å². The Morgan fingerprint density at radius 1 is 1.24 bits per heavy atom. The van der Waals surface area contributed by atoms with Gasteiger partial charge in [0, 0.05) is 17.8 Å². The van der Waals surface area contributed by atoms with Crippen LogP contribution >= 0.6 is 23.1 Å². The van der Waals surface area contributed by atoms with Crippen molar-refractivity contribution in [2.75, 3.05) is 25.5 Å². The Hall–Kier alpha value is -2.52. The molecule has 9 heteroatoms. The zero-order chi connectivity index (χ0) is 22.9. The number of nitrogens with one attached hydrogen (secondary N) is 1. The maximum absolute atomic E-state index is 13.0. The van der Waals surface area contributed by atoms with Crippen LogP contribution in [0.15, 0.2) is 23.0 Å². The Bertz CT molecular complexity index is 1250. The molecule has 1 saturated heterocycles. The molecule has 2 aliphatic heterocycles. The number of benzene rings is 1. The summed E-state index contributed by atoms with van der Waals surface area (Å²) in [4.78, 5) is 36.9. The fraction of sp³-hybridized carbons (Fsp3) is 0.458. The van der Waals surface area contributed by atoms with Crippen LogP contribution in [-0.4, -0.2) is 46.3 Å². The first-order valence-corrected chi connectivity index (χ1v) is 13.2. The van der Waals surface area contributed by atoms with Gasteiger partial charge in [-0.15, -0.1) is 23.1 Å². The molecular weight excluding hydrogens is 458 g/mol. The number of carbonyl (C=O) groups excluding carboxylic acids is 1. The van der Waals surface area contributed by atoms with Gasteiger partial charge >= 0.3 is 0 Å². The molecule has 1 aromatic carbocycles. The topological polar surface area (TPSA) is 84.5 Å². The number of rotatable bonds is 5. The van der Waals surface area contributed by atoms with Crippen molar-refractivity contribution in [3.05, 3.63) is 50.4 Å². The SMILES string of the molecule is Cc1sc2nc(CSCC(=O)N3CCC[C@H]3c3ccc4c(c3)OCCCO4)[nH]c(=O)c2c1C. The molecule has 2 aromatic heterocycles. The van der Waals surface area contributed by atoms with E-state index in [0.717, 1.165) is 58.1 Å². The summed E-state index contributed by atoms with van der Waals surface area (Å²) in [5.41, 5.74) is 1.99. The van der Waals surface area contributed by atoms with E-state index in [-0.39, 0.29) is 17.5 Å². The van der Waals surface area contributed by atoms with Gasteiger partial charge in [-0.25, -0.2) is 4.98 Å². The van der Waals surface area contributed by atoms with Gasteiger partial charge in [0.05, 0.1) is 36.1 Å². The molecule has 33 heavy (non-hydrogen) atoms. The molecule has 3 aromatic rings. The maximum atomic E-state index is 13.0. The van der Waals surface area contributed by atoms with Gasteiger partial charge in [0.15, 0.2) is 11.5 Å². The number of fused-ring (bicyclic) bond motifs is 2. The highest BCUT2D eigenvalue weighted by atomic mass is 32.2. The number of ether oxygens (including phenoxy) is 2. The number of likely N-dealkylation sites (tertiary alicyclic amines) is 1. The van der Waals surface area contributed by atoms with Crippen molar-refractivity contribution in [1.29, 1.82) is 0 Å². The van der Waals surface area contributed by atoms with Crippen LogP contribution in [0.4, 0.5) is 0 Å². The number of amides is 1. The number of thiophene rings is 1. The molecule has 7 nitrogen and oxygen atoms in total. The second-order valence-corrected chi connectivity index (χ2v) is 10.7. The van der Waals surface area contributed by atoms with Crippen LogP contribution in [0.25, 0.3) is 10.2 Å². The predicted octanol–water partition coefficient (Wildman–Crippen LogP) is 4.36. The van der Waals surface area contributed by atoms with Crippen molar-refractivity contribution in [3.63, 3.8) is 0 Å². The Labute approximate surface area is 200 Å². The van der Waals surface area contributed by atoms with Crippen molar-refractivity contribution < 1.29 is 14.3 Å². The van der Waals surface area contributed by atoms with Crippen LogP contribution in [0.2, 0.25) is 0 Å². The van der Waals surface area contributed by atoms with Crippen molar-refractivity contribution in [1.82, 2.24) is 14.9 Å². The van der Waals surface area contributed by atoms with Gasteiger partial charge in [-0.2, -0.15) is 0 Å². The van der Waals surface area contributed by atoms with E-state index in [1.165, 1.54) is 11.8 Å². The van der Waals surface area contributed by atoms with Crippen LogP contribution in [0.5, 0.6) is 11.5 Å². The molecule has 0 radical (unpaired) electrons. The first-order valence-electron chi connectivity index (χ1n) is 11.3. The smallest absolute Gasteiger partial charge is 0.259 e. The van der Waals surface area contributed by atoms with Crippen molar-refractivity contribution in [2.45, 2.75) is 44.9 Å². The summed E-state index contributed by atoms with van der Waals surface area (Å²) in [5.74, 6) is 3.12. The molecule has 0 unspecified atom stereocenters. The van der Waals surface area contributed by atoms with E-state index in [2.05, 4.69) is 9.97 Å². The summed E-state index contributed by atoms with van der Waals surface area (Å²) in [5, 5.41) is 0.678. The number of aromatic amines is 1. The molecular formula is C24H27N3O4S2. The average Bonchev–Trinajstić information content (AvgIpc) is 3.31. The second kappa shape index (κ2) is 9.38. The Morgan fingerprint density at radius 2 is 2.06 bits per heavy atom. The van der Waals surface area contributed by atoms with Gasteiger partial charge in [0.1, 0.15) is 10.7 Å². The highest BCUT2D eigenvalue weighted by molar-refractivity contribution is 7.99. The predicted molar refractivity (Wildman–Crippen MR) is 132 cm³/mol. The van der Waals surface area contributed by atoms with Crippen LogP contribution < -0.4 is 15.0 Å². The second-order valence-electron chi connectivity index (χ2n) is 8.47. The zero-order valence-corrected chi connectivity index (χ0v) is 20.4. The number of aromatic nitrogens is 2. The van der Waals surface area contributed by atoms with Gasteiger partial charge in [0.2, 0.25) is 5.91 Å². The van der Waals surface area contributed by atoms with Crippen molar-refractivity contribution >= 4 is 39.2 Å². The molecule has 0 bridgehead atoms. The minimum absolute atomic E-state index is 0.0570. The van der Waals surface area contributed by atoms with Crippen LogP contribution in [-0.2, 0) is 10.5 Å². The molecule has 0 aliphatic carbocycles. The Morgan fingerprint density at radius 3 is 2.91 bits per heavy atom. The van der Waals surface area contributed by atoms with E-state index in [1.807, 2.05) is 36.9 Å². The molecule has 1 atom stereocenters. The molecule has 1 amide bonds. The van der Waals surface area contributed by atoms with Gasteiger partial charge in [-0.05, 0) is 49.9 Å². The Kier molecular flexibility index (Phi) is 6.34. The lowest BCUT2D eigenvalue weighted by Gasteiger charge is -2.25.